The number of rotatable bonds is 4. The summed E-state index contributed by atoms with van der Waals surface area (Å²) >= 11 is 7.29. The van der Waals surface area contributed by atoms with Gasteiger partial charge in [-0.2, -0.15) is 0 Å². The van der Waals surface area contributed by atoms with Gasteiger partial charge in [-0.1, -0.05) is 41.6 Å². The summed E-state index contributed by atoms with van der Waals surface area (Å²) in [6, 6.07) is 13.3. The molecule has 0 amide bonds. The van der Waals surface area contributed by atoms with Gasteiger partial charge in [0.15, 0.2) is 5.03 Å². The van der Waals surface area contributed by atoms with E-state index in [1.54, 1.807) is 42.7 Å². The van der Waals surface area contributed by atoms with E-state index in [-0.39, 0.29) is 11.4 Å². The van der Waals surface area contributed by atoms with Gasteiger partial charge in [0.1, 0.15) is 5.82 Å². The Morgan fingerprint density at radius 1 is 1.17 bits per heavy atom. The lowest BCUT2D eigenvalue weighted by Crippen LogP contribution is -2.20. The minimum absolute atomic E-state index is 0.207. The Labute approximate surface area is 141 Å². The lowest BCUT2D eigenvalue weighted by atomic mass is 10.2. The molecule has 0 aliphatic rings. The predicted octanol–water partition coefficient (Wildman–Crippen LogP) is 4.32. The Morgan fingerprint density at radius 3 is 2.70 bits per heavy atom. The van der Waals surface area contributed by atoms with E-state index in [0.29, 0.717) is 21.5 Å². The molecule has 23 heavy (non-hydrogen) atoms. The van der Waals surface area contributed by atoms with Gasteiger partial charge in [-0.25, -0.2) is 9.37 Å². The highest BCUT2D eigenvalue weighted by Gasteiger charge is 2.08. The first-order chi connectivity index (χ1) is 11.1. The van der Waals surface area contributed by atoms with Crippen LogP contribution < -0.4 is 5.56 Å². The molecule has 0 aliphatic carbocycles. The minimum Gasteiger partial charge on any atom is -0.280 e. The van der Waals surface area contributed by atoms with Gasteiger partial charge in [0.2, 0.25) is 0 Å². The van der Waals surface area contributed by atoms with Crippen LogP contribution in [0.2, 0.25) is 5.02 Å². The minimum atomic E-state index is -0.278. The zero-order chi connectivity index (χ0) is 16.2. The lowest BCUT2D eigenvalue weighted by Gasteiger charge is -2.07. The fourth-order valence-corrected chi connectivity index (χ4v) is 3.09. The summed E-state index contributed by atoms with van der Waals surface area (Å²) in [5.74, 6) is 0.266. The molecule has 0 bridgehead atoms. The summed E-state index contributed by atoms with van der Waals surface area (Å²) in [6.45, 7) is 0. The number of nitrogens with zero attached hydrogens (tertiary/aromatic N) is 2. The van der Waals surface area contributed by atoms with E-state index in [2.05, 4.69) is 4.98 Å². The van der Waals surface area contributed by atoms with Crippen LogP contribution in [0.5, 0.6) is 0 Å². The Kier molecular flexibility index (Phi) is 4.79. The maximum atomic E-state index is 12.9. The van der Waals surface area contributed by atoms with Gasteiger partial charge in [-0.3, -0.25) is 9.36 Å². The van der Waals surface area contributed by atoms with Crippen molar-refractivity contribution in [1.82, 2.24) is 9.55 Å². The van der Waals surface area contributed by atoms with E-state index >= 15 is 0 Å². The van der Waals surface area contributed by atoms with Gasteiger partial charge in [-0.15, -0.1) is 0 Å². The van der Waals surface area contributed by atoms with Crippen LogP contribution in [0.4, 0.5) is 4.39 Å². The second-order valence-corrected chi connectivity index (χ2v) is 6.20. The summed E-state index contributed by atoms with van der Waals surface area (Å²) in [6.07, 6.45) is 3.19. The van der Waals surface area contributed by atoms with Gasteiger partial charge in [0, 0.05) is 23.2 Å². The third-order valence-electron chi connectivity index (χ3n) is 3.18. The van der Waals surface area contributed by atoms with Crippen LogP contribution in [0.15, 0.2) is 70.7 Å². The molecule has 0 N–H and O–H groups in total. The Bertz CT molecular complexity index is 880. The molecule has 0 saturated heterocycles. The quantitative estimate of drug-likeness (QED) is 0.660. The van der Waals surface area contributed by atoms with E-state index < -0.39 is 0 Å². The summed E-state index contributed by atoms with van der Waals surface area (Å²) in [4.78, 5) is 16.7. The van der Waals surface area contributed by atoms with Crippen molar-refractivity contribution in [3.05, 3.63) is 87.7 Å². The second-order valence-electron chi connectivity index (χ2n) is 4.80. The first-order valence-electron chi connectivity index (χ1n) is 6.84. The van der Waals surface area contributed by atoms with Crippen LogP contribution in [0.1, 0.15) is 5.56 Å². The van der Waals surface area contributed by atoms with E-state index in [1.807, 2.05) is 6.07 Å². The zero-order valence-corrected chi connectivity index (χ0v) is 13.5. The van der Waals surface area contributed by atoms with E-state index in [1.165, 1.54) is 28.5 Å². The highest BCUT2D eigenvalue weighted by Crippen LogP contribution is 2.19. The molecule has 0 saturated carbocycles. The molecule has 0 atom stereocenters. The molecule has 6 heteroatoms. The van der Waals surface area contributed by atoms with E-state index in [0.717, 1.165) is 5.56 Å². The molecule has 1 aromatic heterocycles. The SMILES string of the molecule is O=c1c(SCc2ccc(F)cc2)nccn1-c1cccc(Cl)c1. The predicted molar refractivity (Wildman–Crippen MR) is 90.8 cm³/mol. The van der Waals surface area contributed by atoms with Crippen LogP contribution in [0.3, 0.4) is 0 Å². The summed E-state index contributed by atoms with van der Waals surface area (Å²) in [5.41, 5.74) is 1.41. The van der Waals surface area contributed by atoms with Crippen LogP contribution in [0.25, 0.3) is 5.69 Å². The number of benzene rings is 2. The summed E-state index contributed by atoms with van der Waals surface area (Å²) in [7, 11) is 0. The number of hydrogen-bond acceptors (Lipinski definition) is 3. The molecule has 3 nitrogen and oxygen atoms in total. The monoisotopic (exact) mass is 346 g/mol. The molecule has 0 fully saturated rings. The highest BCUT2D eigenvalue weighted by molar-refractivity contribution is 7.98. The molecular formula is C17H12ClFN2OS. The molecule has 116 valence electrons. The average Bonchev–Trinajstić information content (AvgIpc) is 2.55. The average molecular weight is 347 g/mol. The van der Waals surface area contributed by atoms with Crippen molar-refractivity contribution in [1.29, 1.82) is 0 Å². The number of hydrogen-bond donors (Lipinski definition) is 0. The second kappa shape index (κ2) is 6.98. The number of thioether (sulfide) groups is 1. The van der Waals surface area contributed by atoms with Crippen molar-refractivity contribution in [3.8, 4) is 5.69 Å². The molecule has 0 aliphatic heterocycles. The number of halogens is 2. The molecule has 0 unspecified atom stereocenters. The van der Waals surface area contributed by atoms with Crippen molar-refractivity contribution in [2.45, 2.75) is 10.8 Å². The van der Waals surface area contributed by atoms with Crippen LogP contribution >= 0.6 is 23.4 Å². The molecule has 3 aromatic rings. The van der Waals surface area contributed by atoms with Gasteiger partial charge in [0.05, 0.1) is 5.69 Å². The number of aromatic nitrogens is 2. The fourth-order valence-electron chi connectivity index (χ4n) is 2.05. The molecule has 0 radical (unpaired) electrons. The highest BCUT2D eigenvalue weighted by atomic mass is 35.5. The maximum absolute atomic E-state index is 12.9. The largest absolute Gasteiger partial charge is 0.287 e. The van der Waals surface area contributed by atoms with Crippen molar-refractivity contribution in [3.63, 3.8) is 0 Å². The maximum Gasteiger partial charge on any atom is 0.287 e. The lowest BCUT2D eigenvalue weighted by molar-refractivity contribution is 0.627. The standard InChI is InChI=1S/C17H12ClFN2OS/c18-13-2-1-3-15(10-13)21-9-8-20-16(17(21)22)23-11-12-4-6-14(19)7-5-12/h1-10H,11H2. The van der Waals surface area contributed by atoms with E-state index in [4.69, 9.17) is 11.6 Å². The van der Waals surface area contributed by atoms with Crippen LogP contribution in [-0.4, -0.2) is 9.55 Å². The Hall–Kier alpha value is -2.11. The zero-order valence-electron chi connectivity index (χ0n) is 11.9. The first kappa shape index (κ1) is 15.8. The first-order valence-corrected chi connectivity index (χ1v) is 8.21. The molecular weight excluding hydrogens is 335 g/mol. The third-order valence-corrected chi connectivity index (χ3v) is 4.45. The van der Waals surface area contributed by atoms with Crippen molar-refractivity contribution < 1.29 is 4.39 Å². The Balaban J connectivity index is 1.85. The van der Waals surface area contributed by atoms with Crippen LogP contribution in [0, 0.1) is 5.82 Å². The Morgan fingerprint density at radius 2 is 1.96 bits per heavy atom. The van der Waals surface area contributed by atoms with Crippen LogP contribution in [-0.2, 0) is 5.75 Å². The molecule has 1 heterocycles. The fraction of sp³-hybridized carbons (Fsp3) is 0.0588. The summed E-state index contributed by atoms with van der Waals surface area (Å²) in [5, 5.41) is 0.948. The molecule has 3 rings (SSSR count). The summed E-state index contributed by atoms with van der Waals surface area (Å²) < 4.78 is 14.4. The smallest absolute Gasteiger partial charge is 0.280 e. The van der Waals surface area contributed by atoms with Crippen molar-refractivity contribution >= 4 is 23.4 Å². The van der Waals surface area contributed by atoms with Gasteiger partial charge in [0.25, 0.3) is 5.56 Å². The normalized spacial score (nSPS) is 10.7. The molecule has 0 spiro atoms. The third kappa shape index (κ3) is 3.81. The van der Waals surface area contributed by atoms with Crippen molar-refractivity contribution in [2.24, 2.45) is 0 Å². The topological polar surface area (TPSA) is 34.9 Å². The van der Waals surface area contributed by atoms with Crippen molar-refractivity contribution in [2.75, 3.05) is 0 Å². The van der Waals surface area contributed by atoms with Gasteiger partial charge >= 0.3 is 0 Å². The van der Waals surface area contributed by atoms with Gasteiger partial charge < -0.3 is 0 Å². The molecule has 2 aromatic carbocycles. The van der Waals surface area contributed by atoms with E-state index in [9.17, 15) is 9.18 Å². The van der Waals surface area contributed by atoms with Gasteiger partial charge in [-0.05, 0) is 35.9 Å².